The van der Waals surface area contributed by atoms with E-state index in [0.29, 0.717) is 34.2 Å². The molecule has 2 N–H and O–H groups in total. The number of nitrogens with one attached hydrogen (secondary N) is 2. The Morgan fingerprint density at radius 3 is 2.68 bits per heavy atom. The van der Waals surface area contributed by atoms with Crippen LogP contribution in [0, 0.1) is 5.92 Å². The van der Waals surface area contributed by atoms with Crippen molar-refractivity contribution in [2.75, 3.05) is 18.8 Å². The van der Waals surface area contributed by atoms with E-state index < -0.39 is 0 Å². The van der Waals surface area contributed by atoms with Gasteiger partial charge in [0.25, 0.3) is 5.56 Å². The molecule has 152 valence electrons. The summed E-state index contributed by atoms with van der Waals surface area (Å²) in [6.45, 7) is 6.96. The van der Waals surface area contributed by atoms with E-state index in [1.807, 2.05) is 20.8 Å². The highest BCUT2D eigenvalue weighted by Crippen LogP contribution is 2.21. The third-order valence-electron chi connectivity index (χ3n) is 3.78. The topological polar surface area (TPSA) is 93.1 Å². The van der Waals surface area contributed by atoms with Gasteiger partial charge in [0.1, 0.15) is 0 Å². The number of fused-ring (bicyclic) bond motifs is 1. The summed E-state index contributed by atoms with van der Waals surface area (Å²) >= 11 is 7.19. The van der Waals surface area contributed by atoms with Crippen molar-refractivity contribution in [3.05, 3.63) is 33.6 Å². The summed E-state index contributed by atoms with van der Waals surface area (Å²) in [6, 6.07) is 4.99. The Balaban J connectivity index is 2.14. The van der Waals surface area contributed by atoms with Gasteiger partial charge in [-0.05, 0) is 30.5 Å². The van der Waals surface area contributed by atoms with Crippen LogP contribution in [0.5, 0.6) is 0 Å². The molecule has 7 nitrogen and oxygen atoms in total. The molecule has 0 radical (unpaired) electrons. The maximum Gasteiger partial charge on any atom is 0.262 e. The number of hydrogen-bond donors (Lipinski definition) is 2. The number of halogens is 1. The Bertz CT molecular complexity index is 914. The van der Waals surface area contributed by atoms with E-state index >= 15 is 0 Å². The van der Waals surface area contributed by atoms with Crippen LogP contribution in [0.1, 0.15) is 27.2 Å². The van der Waals surface area contributed by atoms with Crippen molar-refractivity contribution in [3.8, 4) is 0 Å². The third-order valence-corrected chi connectivity index (χ3v) is 4.99. The number of amides is 2. The molecule has 0 saturated heterocycles. The monoisotopic (exact) mass is 424 g/mol. The maximum atomic E-state index is 12.9. The molecule has 1 aromatic heterocycles. The summed E-state index contributed by atoms with van der Waals surface area (Å²) in [7, 11) is 0. The molecule has 0 fully saturated rings. The summed E-state index contributed by atoms with van der Waals surface area (Å²) in [5, 5.41) is 6.67. The number of nitrogens with zero attached hydrogens (tertiary/aromatic N) is 2. The Kier molecular flexibility index (Phi) is 8.32. The van der Waals surface area contributed by atoms with E-state index in [2.05, 4.69) is 15.6 Å². The number of benzene rings is 1. The number of hydrogen-bond acceptors (Lipinski definition) is 5. The van der Waals surface area contributed by atoms with Crippen LogP contribution >= 0.6 is 23.4 Å². The number of aromatic nitrogens is 2. The minimum atomic E-state index is -0.293. The summed E-state index contributed by atoms with van der Waals surface area (Å²) in [5.41, 5.74) is 0.360. The van der Waals surface area contributed by atoms with Gasteiger partial charge in [0, 0.05) is 18.1 Å². The lowest BCUT2D eigenvalue weighted by Gasteiger charge is -2.15. The van der Waals surface area contributed by atoms with Crippen LogP contribution in [0.25, 0.3) is 10.9 Å². The largest absolute Gasteiger partial charge is 0.355 e. The summed E-state index contributed by atoms with van der Waals surface area (Å²) in [5.74, 6) is -0.229. The van der Waals surface area contributed by atoms with Crippen molar-refractivity contribution >= 4 is 46.1 Å². The minimum Gasteiger partial charge on any atom is -0.355 e. The fourth-order valence-corrected chi connectivity index (χ4v) is 3.51. The fourth-order valence-electron chi connectivity index (χ4n) is 2.50. The van der Waals surface area contributed by atoms with Gasteiger partial charge in [-0.3, -0.25) is 19.0 Å². The Hall–Kier alpha value is -2.06. The van der Waals surface area contributed by atoms with Crippen LogP contribution < -0.4 is 16.2 Å². The van der Waals surface area contributed by atoms with Crippen LogP contribution in [0.2, 0.25) is 5.02 Å². The van der Waals surface area contributed by atoms with E-state index in [9.17, 15) is 14.4 Å². The van der Waals surface area contributed by atoms with Crippen LogP contribution in [0.3, 0.4) is 0 Å². The van der Waals surface area contributed by atoms with Gasteiger partial charge in [-0.2, -0.15) is 0 Å². The first-order valence-electron chi connectivity index (χ1n) is 9.18. The second kappa shape index (κ2) is 10.5. The molecule has 0 aliphatic rings. The van der Waals surface area contributed by atoms with Crippen LogP contribution in [-0.4, -0.2) is 40.2 Å². The van der Waals surface area contributed by atoms with Gasteiger partial charge in [-0.25, -0.2) is 4.98 Å². The highest BCUT2D eigenvalue weighted by atomic mass is 35.5. The first kappa shape index (κ1) is 22.2. The van der Waals surface area contributed by atoms with Crippen LogP contribution in [-0.2, 0) is 16.1 Å². The Labute approximate surface area is 173 Å². The summed E-state index contributed by atoms with van der Waals surface area (Å²) in [6.07, 6.45) is 0.835. The van der Waals surface area contributed by atoms with Crippen molar-refractivity contribution < 1.29 is 9.59 Å². The van der Waals surface area contributed by atoms with E-state index in [-0.39, 0.29) is 35.6 Å². The first-order valence-corrected chi connectivity index (χ1v) is 10.5. The molecule has 2 amide bonds. The SMILES string of the molecule is CCCNC(=O)CNC(=O)CSc1nc2ccc(Cl)cc2c(=O)n1CC(C)C. The molecular weight excluding hydrogens is 400 g/mol. The van der Waals surface area contributed by atoms with Gasteiger partial charge in [0.2, 0.25) is 11.8 Å². The van der Waals surface area contributed by atoms with Crippen molar-refractivity contribution in [2.24, 2.45) is 5.92 Å². The van der Waals surface area contributed by atoms with E-state index in [1.54, 1.807) is 22.8 Å². The molecule has 1 aromatic carbocycles. The zero-order valence-electron chi connectivity index (χ0n) is 16.3. The molecule has 0 aliphatic heterocycles. The van der Waals surface area contributed by atoms with Gasteiger partial charge in [-0.15, -0.1) is 0 Å². The standard InChI is InChI=1S/C19H25ClN4O3S/c1-4-7-21-16(25)9-22-17(26)11-28-19-23-15-6-5-13(20)8-14(15)18(27)24(19)10-12(2)3/h5-6,8,12H,4,7,9-11H2,1-3H3,(H,21,25)(H,22,26). The normalized spacial score (nSPS) is 11.0. The smallest absolute Gasteiger partial charge is 0.262 e. The lowest BCUT2D eigenvalue weighted by molar-refractivity contribution is -0.124. The molecule has 28 heavy (non-hydrogen) atoms. The zero-order chi connectivity index (χ0) is 20.7. The average molecular weight is 425 g/mol. The number of carbonyl (C=O) groups is 2. The third kappa shape index (κ3) is 6.24. The molecule has 0 aliphatic carbocycles. The zero-order valence-corrected chi connectivity index (χ0v) is 17.8. The molecule has 9 heteroatoms. The molecule has 1 heterocycles. The average Bonchev–Trinajstić information content (AvgIpc) is 2.65. The summed E-state index contributed by atoms with van der Waals surface area (Å²) in [4.78, 5) is 41.1. The fraction of sp³-hybridized carbons (Fsp3) is 0.474. The van der Waals surface area contributed by atoms with Crippen molar-refractivity contribution in [1.29, 1.82) is 0 Å². The maximum absolute atomic E-state index is 12.9. The van der Waals surface area contributed by atoms with Gasteiger partial charge in [0.05, 0.1) is 23.2 Å². The number of thioether (sulfide) groups is 1. The minimum absolute atomic E-state index is 0.0602. The Morgan fingerprint density at radius 2 is 2.00 bits per heavy atom. The molecule has 2 aromatic rings. The molecule has 0 unspecified atom stereocenters. The molecule has 0 saturated carbocycles. The molecule has 2 rings (SSSR count). The van der Waals surface area contributed by atoms with E-state index in [0.717, 1.165) is 6.42 Å². The first-order chi connectivity index (χ1) is 13.3. The lowest BCUT2D eigenvalue weighted by Crippen LogP contribution is -2.38. The Morgan fingerprint density at radius 1 is 1.25 bits per heavy atom. The van der Waals surface area contributed by atoms with E-state index in [1.165, 1.54) is 11.8 Å². The lowest BCUT2D eigenvalue weighted by atomic mass is 10.2. The van der Waals surface area contributed by atoms with Gasteiger partial charge < -0.3 is 10.6 Å². The van der Waals surface area contributed by atoms with Gasteiger partial charge in [-0.1, -0.05) is 44.1 Å². The number of rotatable bonds is 9. The van der Waals surface area contributed by atoms with Gasteiger partial charge >= 0.3 is 0 Å². The van der Waals surface area contributed by atoms with E-state index in [4.69, 9.17) is 11.6 Å². The van der Waals surface area contributed by atoms with Gasteiger partial charge in [0.15, 0.2) is 5.16 Å². The molecule has 0 bridgehead atoms. The van der Waals surface area contributed by atoms with Crippen LogP contribution in [0.4, 0.5) is 0 Å². The van der Waals surface area contributed by atoms with Crippen LogP contribution in [0.15, 0.2) is 28.2 Å². The molecule has 0 atom stereocenters. The number of carbonyl (C=O) groups excluding carboxylic acids is 2. The quantitative estimate of drug-likeness (QED) is 0.476. The molecular formula is C19H25ClN4O3S. The summed E-state index contributed by atoms with van der Waals surface area (Å²) < 4.78 is 1.58. The highest BCUT2D eigenvalue weighted by molar-refractivity contribution is 7.99. The van der Waals surface area contributed by atoms with Crippen molar-refractivity contribution in [1.82, 2.24) is 20.2 Å². The second-order valence-corrected chi connectivity index (χ2v) is 8.16. The van der Waals surface area contributed by atoms with Crippen molar-refractivity contribution in [3.63, 3.8) is 0 Å². The predicted octanol–water partition coefficient (Wildman–Crippen LogP) is 2.44. The molecule has 0 spiro atoms. The second-order valence-electron chi connectivity index (χ2n) is 6.78. The highest BCUT2D eigenvalue weighted by Gasteiger charge is 2.15. The predicted molar refractivity (Wildman–Crippen MR) is 113 cm³/mol. The van der Waals surface area contributed by atoms with Crippen molar-refractivity contribution in [2.45, 2.75) is 38.9 Å².